The second-order valence-electron chi connectivity index (χ2n) is 7.25. The minimum Gasteiger partial charge on any atom is -0.444 e. The molecule has 5 nitrogen and oxygen atoms in total. The van der Waals surface area contributed by atoms with Gasteiger partial charge in [0.05, 0.1) is 0 Å². The summed E-state index contributed by atoms with van der Waals surface area (Å²) in [7, 11) is 0. The number of hydrogen-bond donors (Lipinski definition) is 1. The zero-order valence-electron chi connectivity index (χ0n) is 14.7. The van der Waals surface area contributed by atoms with E-state index in [-0.39, 0.29) is 17.6 Å². The number of carbonyl (C=O) groups excluding carboxylic acids is 2. The first kappa shape index (κ1) is 18.2. The van der Waals surface area contributed by atoms with Crippen molar-refractivity contribution in [1.29, 1.82) is 0 Å². The van der Waals surface area contributed by atoms with Crippen LogP contribution >= 0.6 is 0 Å². The van der Waals surface area contributed by atoms with Gasteiger partial charge in [-0.15, -0.1) is 0 Å². The van der Waals surface area contributed by atoms with Crippen molar-refractivity contribution < 1.29 is 18.7 Å². The molecule has 1 aromatic rings. The van der Waals surface area contributed by atoms with Crippen LogP contribution in [0, 0.1) is 18.7 Å². The molecule has 132 valence electrons. The van der Waals surface area contributed by atoms with E-state index in [1.54, 1.807) is 24.0 Å². The fourth-order valence-corrected chi connectivity index (χ4v) is 2.63. The molecule has 2 amide bonds. The summed E-state index contributed by atoms with van der Waals surface area (Å²) >= 11 is 0. The van der Waals surface area contributed by atoms with Crippen molar-refractivity contribution in [3.05, 3.63) is 35.1 Å². The Morgan fingerprint density at radius 1 is 1.38 bits per heavy atom. The highest BCUT2D eigenvalue weighted by Gasteiger charge is 2.28. The van der Waals surface area contributed by atoms with Gasteiger partial charge in [-0.3, -0.25) is 4.79 Å². The number of hydrogen-bond acceptors (Lipinski definition) is 3. The number of carbonyl (C=O) groups is 2. The molecule has 1 aliphatic heterocycles. The van der Waals surface area contributed by atoms with Crippen molar-refractivity contribution in [3.63, 3.8) is 0 Å². The largest absolute Gasteiger partial charge is 0.444 e. The van der Waals surface area contributed by atoms with Crippen LogP contribution < -0.4 is 5.32 Å². The average molecular weight is 336 g/mol. The molecule has 1 heterocycles. The fraction of sp³-hybridized carbons (Fsp3) is 0.556. The number of amides is 2. The number of rotatable bonds is 3. The highest BCUT2D eigenvalue weighted by Crippen LogP contribution is 2.19. The molecular weight excluding hydrogens is 311 g/mol. The lowest BCUT2D eigenvalue weighted by Gasteiger charge is -2.21. The monoisotopic (exact) mass is 336 g/mol. The maximum Gasteiger partial charge on any atom is 0.407 e. The Kier molecular flexibility index (Phi) is 5.47. The Morgan fingerprint density at radius 3 is 2.71 bits per heavy atom. The number of aryl methyl sites for hydroxylation is 1. The van der Waals surface area contributed by atoms with Crippen molar-refractivity contribution in [1.82, 2.24) is 10.2 Å². The van der Waals surface area contributed by atoms with Crippen LogP contribution in [0.1, 0.15) is 43.1 Å². The quantitative estimate of drug-likeness (QED) is 0.922. The third-order valence-corrected chi connectivity index (χ3v) is 3.93. The Hall–Kier alpha value is -2.11. The summed E-state index contributed by atoms with van der Waals surface area (Å²) in [6, 6.07) is 4.54. The van der Waals surface area contributed by atoms with Crippen LogP contribution in [-0.2, 0) is 4.74 Å². The summed E-state index contributed by atoms with van der Waals surface area (Å²) in [5.41, 5.74) is 0.350. The first-order valence-corrected chi connectivity index (χ1v) is 8.18. The zero-order chi connectivity index (χ0) is 17.9. The van der Waals surface area contributed by atoms with Crippen molar-refractivity contribution >= 4 is 12.0 Å². The predicted molar refractivity (Wildman–Crippen MR) is 89.4 cm³/mol. The molecule has 1 saturated heterocycles. The fourth-order valence-electron chi connectivity index (χ4n) is 2.63. The van der Waals surface area contributed by atoms with Gasteiger partial charge >= 0.3 is 6.09 Å². The summed E-state index contributed by atoms with van der Waals surface area (Å²) in [6.07, 6.45) is 0.350. The lowest BCUT2D eigenvalue weighted by molar-refractivity contribution is 0.0520. The van der Waals surface area contributed by atoms with E-state index in [1.165, 1.54) is 6.07 Å². The van der Waals surface area contributed by atoms with Gasteiger partial charge in [-0.25, -0.2) is 9.18 Å². The van der Waals surface area contributed by atoms with Gasteiger partial charge < -0.3 is 15.0 Å². The maximum absolute atomic E-state index is 13.6. The molecule has 0 aliphatic carbocycles. The number of nitrogens with zero attached hydrogens (tertiary/aromatic N) is 1. The molecule has 0 unspecified atom stereocenters. The van der Waals surface area contributed by atoms with Gasteiger partial charge in [0.2, 0.25) is 0 Å². The van der Waals surface area contributed by atoms with Crippen molar-refractivity contribution in [2.24, 2.45) is 5.92 Å². The van der Waals surface area contributed by atoms with E-state index in [4.69, 9.17) is 4.74 Å². The summed E-state index contributed by atoms with van der Waals surface area (Å²) in [5, 5.41) is 2.74. The van der Waals surface area contributed by atoms with Crippen molar-refractivity contribution in [3.8, 4) is 0 Å². The van der Waals surface area contributed by atoms with Gasteiger partial charge in [0.15, 0.2) is 0 Å². The summed E-state index contributed by atoms with van der Waals surface area (Å²) in [5.74, 6) is -0.367. The molecule has 24 heavy (non-hydrogen) atoms. The topological polar surface area (TPSA) is 58.6 Å². The van der Waals surface area contributed by atoms with E-state index in [2.05, 4.69) is 5.32 Å². The molecule has 2 rings (SSSR count). The molecular formula is C18H25FN2O3. The van der Waals surface area contributed by atoms with Crippen LogP contribution in [0.2, 0.25) is 0 Å². The number of likely N-dealkylation sites (tertiary alicyclic amines) is 1. The van der Waals surface area contributed by atoms with Gasteiger partial charge in [0, 0.05) is 25.2 Å². The minimum atomic E-state index is -0.530. The number of alkyl carbamates (subject to hydrolysis) is 1. The maximum atomic E-state index is 13.6. The van der Waals surface area contributed by atoms with E-state index < -0.39 is 11.7 Å². The standard InChI is InChI=1S/C18H25FN2O3/c1-12-5-6-14(9-15(12)19)16(22)21-8-7-13(11-21)10-20-17(23)24-18(2,3)4/h5-6,9,13H,7-8,10-11H2,1-4H3,(H,20,23)/t13-/m1/s1. The summed E-state index contributed by atoms with van der Waals surface area (Å²) in [6.45, 7) is 8.70. The number of nitrogens with one attached hydrogen (secondary N) is 1. The highest BCUT2D eigenvalue weighted by molar-refractivity contribution is 5.94. The van der Waals surface area contributed by atoms with Gasteiger partial charge in [-0.05, 0) is 57.7 Å². The molecule has 1 fully saturated rings. The minimum absolute atomic E-state index is 0.173. The lowest BCUT2D eigenvalue weighted by atomic mass is 10.1. The van der Waals surface area contributed by atoms with E-state index in [9.17, 15) is 14.0 Å². The van der Waals surface area contributed by atoms with Crippen LogP contribution in [-0.4, -0.2) is 42.1 Å². The smallest absolute Gasteiger partial charge is 0.407 e. The molecule has 0 bridgehead atoms. The van der Waals surface area contributed by atoms with Crippen LogP contribution in [0.5, 0.6) is 0 Å². The van der Waals surface area contributed by atoms with E-state index >= 15 is 0 Å². The summed E-state index contributed by atoms with van der Waals surface area (Å²) < 4.78 is 18.8. The van der Waals surface area contributed by atoms with Crippen LogP contribution in [0.15, 0.2) is 18.2 Å². The van der Waals surface area contributed by atoms with Crippen molar-refractivity contribution in [2.45, 2.75) is 39.7 Å². The third-order valence-electron chi connectivity index (χ3n) is 3.93. The highest BCUT2D eigenvalue weighted by atomic mass is 19.1. The number of benzene rings is 1. The van der Waals surface area contributed by atoms with Gasteiger partial charge in [0.25, 0.3) is 5.91 Å². The molecule has 1 N–H and O–H groups in total. The van der Waals surface area contributed by atoms with E-state index in [0.717, 1.165) is 6.42 Å². The molecule has 0 aromatic heterocycles. The lowest BCUT2D eigenvalue weighted by Crippen LogP contribution is -2.36. The third kappa shape index (κ3) is 4.94. The zero-order valence-corrected chi connectivity index (χ0v) is 14.7. The Bertz CT molecular complexity index is 625. The van der Waals surface area contributed by atoms with Gasteiger partial charge in [-0.1, -0.05) is 6.07 Å². The SMILES string of the molecule is Cc1ccc(C(=O)N2CC[C@H](CNC(=O)OC(C)(C)C)C2)cc1F. The molecule has 1 atom stereocenters. The van der Waals surface area contributed by atoms with Crippen LogP contribution in [0.4, 0.5) is 9.18 Å². The predicted octanol–water partition coefficient (Wildman–Crippen LogP) is 3.12. The summed E-state index contributed by atoms with van der Waals surface area (Å²) in [4.78, 5) is 25.8. The first-order chi connectivity index (χ1) is 11.2. The second-order valence-corrected chi connectivity index (χ2v) is 7.25. The Balaban J connectivity index is 1.85. The number of halogens is 1. The Labute approximate surface area is 142 Å². The van der Waals surface area contributed by atoms with E-state index in [1.807, 2.05) is 20.8 Å². The first-order valence-electron chi connectivity index (χ1n) is 8.18. The molecule has 1 aliphatic rings. The van der Waals surface area contributed by atoms with Crippen molar-refractivity contribution in [2.75, 3.05) is 19.6 Å². The molecule has 0 radical (unpaired) electrons. The normalized spacial score (nSPS) is 17.7. The Morgan fingerprint density at radius 2 is 2.08 bits per heavy atom. The molecule has 6 heteroatoms. The second kappa shape index (κ2) is 7.20. The van der Waals surface area contributed by atoms with E-state index in [0.29, 0.717) is 30.8 Å². The molecule has 1 aromatic carbocycles. The van der Waals surface area contributed by atoms with Gasteiger partial charge in [-0.2, -0.15) is 0 Å². The van der Waals surface area contributed by atoms with Crippen LogP contribution in [0.25, 0.3) is 0 Å². The van der Waals surface area contributed by atoms with Gasteiger partial charge in [0.1, 0.15) is 11.4 Å². The number of ether oxygens (including phenoxy) is 1. The molecule has 0 spiro atoms. The van der Waals surface area contributed by atoms with Crippen LogP contribution in [0.3, 0.4) is 0 Å². The molecule has 0 saturated carbocycles. The average Bonchev–Trinajstić information content (AvgIpc) is 2.94.